The molecule has 0 N–H and O–H groups in total. The van der Waals surface area contributed by atoms with Gasteiger partial charge in [-0.15, -0.1) is 10.2 Å². The van der Waals surface area contributed by atoms with Crippen LogP contribution in [0, 0.1) is 17.0 Å². The number of aryl methyl sites for hydroxylation is 1. The van der Waals surface area contributed by atoms with Gasteiger partial charge in [-0.05, 0) is 18.6 Å². The number of nitrogens with zero attached hydrogens (tertiary/aromatic N) is 4. The molecule has 0 atom stereocenters. The third-order valence-corrected chi connectivity index (χ3v) is 4.54. The van der Waals surface area contributed by atoms with Crippen molar-refractivity contribution in [3.63, 3.8) is 0 Å². The highest BCUT2D eigenvalue weighted by Crippen LogP contribution is 2.27. The lowest BCUT2D eigenvalue weighted by Crippen LogP contribution is -1.95. The number of hydrogen-bond acceptors (Lipinski definition) is 6. The summed E-state index contributed by atoms with van der Waals surface area (Å²) in [5.41, 5.74) is 2.00. The van der Waals surface area contributed by atoms with Crippen LogP contribution in [-0.4, -0.2) is 19.7 Å². The van der Waals surface area contributed by atoms with Gasteiger partial charge in [0.15, 0.2) is 11.0 Å². The number of furan rings is 1. The van der Waals surface area contributed by atoms with Gasteiger partial charge in [0.1, 0.15) is 5.76 Å². The Morgan fingerprint density at radius 2 is 2.00 bits per heavy atom. The van der Waals surface area contributed by atoms with Crippen molar-refractivity contribution < 1.29 is 9.34 Å². The Hall–Kier alpha value is -2.61. The lowest BCUT2D eigenvalue weighted by Gasteiger charge is -2.03. The average Bonchev–Trinajstić information content (AvgIpc) is 3.11. The summed E-state index contributed by atoms with van der Waals surface area (Å²) in [5, 5.41) is 19.8. The molecule has 2 heterocycles. The fourth-order valence-electron chi connectivity index (χ4n) is 2.15. The average molecular weight is 330 g/mol. The predicted molar refractivity (Wildman–Crippen MR) is 86.1 cm³/mol. The van der Waals surface area contributed by atoms with E-state index in [1.165, 1.54) is 23.9 Å². The zero-order valence-corrected chi connectivity index (χ0v) is 13.4. The summed E-state index contributed by atoms with van der Waals surface area (Å²) in [6, 6.07) is 8.38. The standard InChI is InChI=1S/C15H14N4O3S/c1-10-13(7-8-22-10)14-16-17-15(18(14)2)23-9-11-3-5-12(6-4-11)19(20)21/h3-8H,9H2,1-2H3. The number of rotatable bonds is 5. The van der Waals surface area contributed by atoms with Crippen molar-refractivity contribution in [3.8, 4) is 11.4 Å². The molecule has 0 fully saturated rings. The van der Waals surface area contributed by atoms with Crippen LogP contribution in [-0.2, 0) is 12.8 Å². The Labute approximate surface area is 136 Å². The van der Waals surface area contributed by atoms with Gasteiger partial charge in [0.2, 0.25) is 0 Å². The Balaban J connectivity index is 1.73. The van der Waals surface area contributed by atoms with Crippen molar-refractivity contribution in [1.29, 1.82) is 0 Å². The highest BCUT2D eigenvalue weighted by atomic mass is 32.2. The van der Waals surface area contributed by atoms with E-state index in [9.17, 15) is 10.1 Å². The van der Waals surface area contributed by atoms with Crippen LogP contribution in [0.15, 0.2) is 46.2 Å². The van der Waals surface area contributed by atoms with E-state index in [2.05, 4.69) is 10.2 Å². The molecule has 0 bridgehead atoms. The number of benzene rings is 1. The van der Waals surface area contributed by atoms with Crippen LogP contribution in [0.1, 0.15) is 11.3 Å². The molecule has 118 valence electrons. The highest BCUT2D eigenvalue weighted by molar-refractivity contribution is 7.98. The van der Waals surface area contributed by atoms with Crippen LogP contribution in [0.3, 0.4) is 0 Å². The zero-order valence-electron chi connectivity index (χ0n) is 12.6. The molecule has 7 nitrogen and oxygen atoms in total. The lowest BCUT2D eigenvalue weighted by molar-refractivity contribution is -0.384. The first-order valence-electron chi connectivity index (χ1n) is 6.86. The largest absolute Gasteiger partial charge is 0.469 e. The summed E-state index contributed by atoms with van der Waals surface area (Å²) in [7, 11) is 1.90. The van der Waals surface area contributed by atoms with Crippen LogP contribution in [0.4, 0.5) is 5.69 Å². The van der Waals surface area contributed by atoms with E-state index in [1.54, 1.807) is 18.4 Å². The topological polar surface area (TPSA) is 87.0 Å². The molecule has 23 heavy (non-hydrogen) atoms. The first kappa shape index (κ1) is 15.3. The second kappa shape index (κ2) is 6.25. The van der Waals surface area contributed by atoms with Gasteiger partial charge in [-0.25, -0.2) is 0 Å². The number of nitro groups is 1. The second-order valence-corrected chi connectivity index (χ2v) is 5.91. The van der Waals surface area contributed by atoms with E-state index < -0.39 is 4.92 Å². The first-order chi connectivity index (χ1) is 11.1. The molecular weight excluding hydrogens is 316 g/mol. The number of thioether (sulfide) groups is 1. The fourth-order valence-corrected chi connectivity index (χ4v) is 3.02. The van der Waals surface area contributed by atoms with Crippen molar-refractivity contribution in [1.82, 2.24) is 14.8 Å². The predicted octanol–water partition coefficient (Wildman–Crippen LogP) is 3.58. The zero-order chi connectivity index (χ0) is 16.4. The van der Waals surface area contributed by atoms with Crippen LogP contribution < -0.4 is 0 Å². The van der Waals surface area contributed by atoms with Gasteiger partial charge < -0.3 is 8.98 Å². The van der Waals surface area contributed by atoms with Crippen molar-refractivity contribution in [2.45, 2.75) is 17.8 Å². The molecule has 0 amide bonds. The molecule has 1 aromatic carbocycles. The van der Waals surface area contributed by atoms with Gasteiger partial charge in [-0.3, -0.25) is 10.1 Å². The maximum atomic E-state index is 10.7. The second-order valence-electron chi connectivity index (χ2n) is 4.97. The van der Waals surface area contributed by atoms with Gasteiger partial charge in [0.05, 0.1) is 16.7 Å². The van der Waals surface area contributed by atoms with Gasteiger partial charge in [0, 0.05) is 24.9 Å². The molecular formula is C15H14N4O3S. The molecule has 2 aromatic heterocycles. The summed E-state index contributed by atoms with van der Waals surface area (Å²) in [4.78, 5) is 10.2. The summed E-state index contributed by atoms with van der Waals surface area (Å²) >= 11 is 1.53. The molecule has 0 radical (unpaired) electrons. The summed E-state index contributed by atoms with van der Waals surface area (Å²) in [5.74, 6) is 2.21. The number of hydrogen-bond donors (Lipinski definition) is 0. The van der Waals surface area contributed by atoms with Crippen LogP contribution in [0.25, 0.3) is 11.4 Å². The quantitative estimate of drug-likeness (QED) is 0.404. The van der Waals surface area contributed by atoms with E-state index in [1.807, 2.05) is 24.6 Å². The lowest BCUT2D eigenvalue weighted by atomic mass is 10.2. The smallest absolute Gasteiger partial charge is 0.269 e. The van der Waals surface area contributed by atoms with Gasteiger partial charge >= 0.3 is 0 Å². The van der Waals surface area contributed by atoms with E-state index in [0.717, 1.165) is 27.9 Å². The molecule has 0 aliphatic heterocycles. The Morgan fingerprint density at radius 3 is 2.61 bits per heavy atom. The highest BCUT2D eigenvalue weighted by Gasteiger charge is 2.15. The third kappa shape index (κ3) is 3.11. The molecule has 0 saturated carbocycles. The van der Waals surface area contributed by atoms with Crippen molar-refractivity contribution >= 4 is 17.4 Å². The van der Waals surface area contributed by atoms with Crippen LogP contribution in [0.5, 0.6) is 0 Å². The minimum Gasteiger partial charge on any atom is -0.469 e. The molecule has 0 saturated heterocycles. The van der Waals surface area contributed by atoms with Crippen LogP contribution in [0.2, 0.25) is 0 Å². The van der Waals surface area contributed by atoms with Crippen molar-refractivity contribution in [3.05, 3.63) is 58.0 Å². The fraction of sp³-hybridized carbons (Fsp3) is 0.200. The van der Waals surface area contributed by atoms with Crippen molar-refractivity contribution in [2.75, 3.05) is 0 Å². The maximum absolute atomic E-state index is 10.7. The normalized spacial score (nSPS) is 10.9. The van der Waals surface area contributed by atoms with Gasteiger partial charge in [0.25, 0.3) is 5.69 Å². The van der Waals surface area contributed by atoms with E-state index in [4.69, 9.17) is 4.42 Å². The monoisotopic (exact) mass is 330 g/mol. The number of nitro benzene ring substituents is 1. The Morgan fingerprint density at radius 1 is 1.26 bits per heavy atom. The maximum Gasteiger partial charge on any atom is 0.269 e. The first-order valence-corrected chi connectivity index (χ1v) is 7.85. The number of aromatic nitrogens is 3. The minimum absolute atomic E-state index is 0.0927. The molecule has 0 aliphatic rings. The number of non-ortho nitro benzene ring substituents is 1. The molecule has 8 heteroatoms. The SMILES string of the molecule is Cc1occc1-c1nnc(SCc2ccc([N+](=O)[O-])cc2)n1C. The summed E-state index contributed by atoms with van der Waals surface area (Å²) in [6.07, 6.45) is 1.63. The molecule has 3 rings (SSSR count). The Kier molecular flexibility index (Phi) is 4.16. The summed E-state index contributed by atoms with van der Waals surface area (Å²) < 4.78 is 7.21. The molecule has 0 aliphatic carbocycles. The third-order valence-electron chi connectivity index (χ3n) is 3.45. The van der Waals surface area contributed by atoms with E-state index >= 15 is 0 Å². The minimum atomic E-state index is -0.404. The van der Waals surface area contributed by atoms with Gasteiger partial charge in [-0.1, -0.05) is 23.9 Å². The molecule has 0 unspecified atom stereocenters. The summed E-state index contributed by atoms with van der Waals surface area (Å²) in [6.45, 7) is 1.88. The van der Waals surface area contributed by atoms with E-state index in [0.29, 0.717) is 5.75 Å². The van der Waals surface area contributed by atoms with E-state index in [-0.39, 0.29) is 5.69 Å². The van der Waals surface area contributed by atoms with Crippen LogP contribution >= 0.6 is 11.8 Å². The van der Waals surface area contributed by atoms with Gasteiger partial charge in [-0.2, -0.15) is 0 Å². The molecule has 0 spiro atoms. The van der Waals surface area contributed by atoms with Crippen molar-refractivity contribution in [2.24, 2.45) is 7.05 Å². The molecule has 3 aromatic rings. The Bertz CT molecular complexity index is 839.